The van der Waals surface area contributed by atoms with E-state index in [1.54, 1.807) is 0 Å². The molecule has 3 rings (SSSR count). The molecule has 0 radical (unpaired) electrons. The molecule has 2 N–H and O–H groups in total. The minimum Gasteiger partial charge on any atom is -0.508 e. The molecule has 0 spiro atoms. The topological polar surface area (TPSA) is 86.7 Å². The first kappa shape index (κ1) is 15.5. The summed E-state index contributed by atoms with van der Waals surface area (Å²) in [6.45, 7) is 5.75. The number of imide groups is 1. The van der Waals surface area contributed by atoms with Crippen molar-refractivity contribution >= 4 is 17.7 Å². The fraction of sp³-hybridized carbons (Fsp3) is 0.471. The Kier molecular flexibility index (Phi) is 3.25. The van der Waals surface area contributed by atoms with E-state index in [1.807, 2.05) is 20.8 Å². The summed E-state index contributed by atoms with van der Waals surface area (Å²) < 4.78 is 0. The van der Waals surface area contributed by atoms with Crippen LogP contribution < -0.4 is 5.43 Å². The minimum atomic E-state index is -0.659. The van der Waals surface area contributed by atoms with Crippen molar-refractivity contribution in [3.63, 3.8) is 0 Å². The van der Waals surface area contributed by atoms with Crippen LogP contribution in [-0.2, 0) is 9.59 Å². The van der Waals surface area contributed by atoms with Gasteiger partial charge in [0.25, 0.3) is 17.7 Å². The number of carbonyl (C=O) groups excluding carboxylic acids is 3. The maximum Gasteiger partial charge on any atom is 0.270 e. The van der Waals surface area contributed by atoms with Crippen molar-refractivity contribution in [3.05, 3.63) is 29.8 Å². The van der Waals surface area contributed by atoms with Crippen LogP contribution in [0.2, 0.25) is 0 Å². The number of hydrazine groups is 1. The molecule has 0 unspecified atom stereocenters. The van der Waals surface area contributed by atoms with E-state index in [9.17, 15) is 19.5 Å². The number of benzene rings is 1. The Labute approximate surface area is 134 Å². The lowest BCUT2D eigenvalue weighted by Gasteiger charge is -2.47. The van der Waals surface area contributed by atoms with Crippen molar-refractivity contribution in [3.8, 4) is 5.75 Å². The van der Waals surface area contributed by atoms with Crippen LogP contribution in [0.3, 0.4) is 0 Å². The zero-order valence-corrected chi connectivity index (χ0v) is 13.4. The highest BCUT2D eigenvalue weighted by atomic mass is 16.3. The van der Waals surface area contributed by atoms with Crippen LogP contribution in [0, 0.1) is 16.7 Å². The zero-order valence-electron chi connectivity index (χ0n) is 13.4. The second-order valence-electron chi connectivity index (χ2n) is 7.11. The molecule has 1 aliphatic carbocycles. The molecule has 1 aliphatic heterocycles. The molecule has 1 aromatic rings. The largest absolute Gasteiger partial charge is 0.508 e. The Hall–Kier alpha value is -2.37. The van der Waals surface area contributed by atoms with Crippen LogP contribution in [0.4, 0.5) is 0 Å². The highest BCUT2D eigenvalue weighted by molar-refractivity contribution is 6.06. The summed E-state index contributed by atoms with van der Waals surface area (Å²) in [4.78, 5) is 37.7. The normalized spacial score (nSPS) is 28.8. The maximum absolute atomic E-state index is 12.8. The predicted octanol–water partition coefficient (Wildman–Crippen LogP) is 1.85. The molecular formula is C17H20N2O4. The number of hydrogen-bond acceptors (Lipinski definition) is 4. The second kappa shape index (κ2) is 4.81. The van der Waals surface area contributed by atoms with Crippen LogP contribution >= 0.6 is 0 Å². The molecule has 1 saturated carbocycles. The third-order valence-electron chi connectivity index (χ3n) is 5.76. The third kappa shape index (κ3) is 2.04. The number of nitrogens with zero attached hydrogens (tertiary/aromatic N) is 1. The maximum atomic E-state index is 12.8. The summed E-state index contributed by atoms with van der Waals surface area (Å²) in [5.74, 6) is -1.48. The van der Waals surface area contributed by atoms with E-state index in [2.05, 4.69) is 5.43 Å². The average Bonchev–Trinajstić information content (AvgIpc) is 2.69. The number of nitrogens with one attached hydrogen (secondary N) is 1. The number of amides is 3. The van der Waals surface area contributed by atoms with E-state index in [-0.39, 0.29) is 29.0 Å². The number of phenolic OH excluding ortho intramolecular Hbond substituents is 1. The van der Waals surface area contributed by atoms with Crippen molar-refractivity contribution in [1.82, 2.24) is 10.4 Å². The van der Waals surface area contributed by atoms with Gasteiger partial charge < -0.3 is 5.11 Å². The summed E-state index contributed by atoms with van der Waals surface area (Å²) >= 11 is 0. The number of piperidine rings is 1. The van der Waals surface area contributed by atoms with Crippen LogP contribution in [-0.4, -0.2) is 27.8 Å². The van der Waals surface area contributed by atoms with E-state index in [1.165, 1.54) is 24.3 Å². The van der Waals surface area contributed by atoms with Crippen LogP contribution in [0.15, 0.2) is 24.3 Å². The van der Waals surface area contributed by atoms with E-state index < -0.39 is 16.7 Å². The van der Waals surface area contributed by atoms with Gasteiger partial charge in [-0.05, 0) is 42.5 Å². The van der Waals surface area contributed by atoms with Crippen LogP contribution in [0.1, 0.15) is 44.0 Å². The fourth-order valence-corrected chi connectivity index (χ4v) is 3.70. The quantitative estimate of drug-likeness (QED) is 0.815. The Morgan fingerprint density at radius 2 is 1.83 bits per heavy atom. The molecular weight excluding hydrogens is 296 g/mol. The highest BCUT2D eigenvalue weighted by Crippen LogP contribution is 2.59. The predicted molar refractivity (Wildman–Crippen MR) is 82.0 cm³/mol. The molecule has 23 heavy (non-hydrogen) atoms. The first-order chi connectivity index (χ1) is 10.7. The first-order valence-electron chi connectivity index (χ1n) is 7.67. The van der Waals surface area contributed by atoms with Gasteiger partial charge in [0.2, 0.25) is 0 Å². The number of hydrogen-bond donors (Lipinski definition) is 2. The molecule has 6 heteroatoms. The Morgan fingerprint density at radius 1 is 1.22 bits per heavy atom. The zero-order chi connectivity index (χ0) is 17.0. The second-order valence-corrected chi connectivity index (χ2v) is 7.11. The summed E-state index contributed by atoms with van der Waals surface area (Å²) in [7, 11) is 0. The van der Waals surface area contributed by atoms with Gasteiger partial charge in [0.05, 0.1) is 5.41 Å². The minimum absolute atomic E-state index is 0.0407. The summed E-state index contributed by atoms with van der Waals surface area (Å²) in [6.07, 6.45) is 1.29. The fourth-order valence-electron chi connectivity index (χ4n) is 3.70. The SMILES string of the molecule is CC1(C)[C@@H]2CC[C@]1(C)C(=O)N(NC(=O)c1ccc(O)cc1)C2=O. The van der Waals surface area contributed by atoms with Crippen molar-refractivity contribution in [2.45, 2.75) is 33.6 Å². The van der Waals surface area contributed by atoms with Gasteiger partial charge in [-0.15, -0.1) is 0 Å². The van der Waals surface area contributed by atoms with Gasteiger partial charge in [-0.3, -0.25) is 19.8 Å². The van der Waals surface area contributed by atoms with Crippen molar-refractivity contribution in [2.75, 3.05) is 0 Å². The molecule has 2 bridgehead atoms. The molecule has 1 heterocycles. The first-order valence-corrected chi connectivity index (χ1v) is 7.67. The Balaban J connectivity index is 1.87. The Morgan fingerprint density at radius 3 is 2.43 bits per heavy atom. The molecule has 2 fully saturated rings. The molecule has 3 amide bonds. The van der Waals surface area contributed by atoms with Gasteiger partial charge in [0.15, 0.2) is 0 Å². The molecule has 2 aliphatic rings. The number of fused-ring (bicyclic) bond motifs is 2. The number of carbonyl (C=O) groups is 3. The van der Waals surface area contributed by atoms with Crippen molar-refractivity contribution < 1.29 is 19.5 Å². The van der Waals surface area contributed by atoms with Crippen LogP contribution in [0.5, 0.6) is 5.75 Å². The van der Waals surface area contributed by atoms with E-state index in [0.29, 0.717) is 12.8 Å². The molecule has 2 atom stereocenters. The summed E-state index contributed by atoms with van der Waals surface area (Å²) in [6, 6.07) is 5.62. The molecule has 0 aromatic heterocycles. The van der Waals surface area contributed by atoms with E-state index in [4.69, 9.17) is 0 Å². The number of aromatic hydroxyl groups is 1. The monoisotopic (exact) mass is 316 g/mol. The van der Waals surface area contributed by atoms with E-state index in [0.717, 1.165) is 5.01 Å². The van der Waals surface area contributed by atoms with Gasteiger partial charge in [0, 0.05) is 11.5 Å². The van der Waals surface area contributed by atoms with Gasteiger partial charge >= 0.3 is 0 Å². The van der Waals surface area contributed by atoms with Crippen molar-refractivity contribution in [1.29, 1.82) is 0 Å². The molecule has 6 nitrogen and oxygen atoms in total. The third-order valence-corrected chi connectivity index (χ3v) is 5.76. The standard InChI is InChI=1S/C17H20N2O4/c1-16(2)12-8-9-17(16,3)15(23)19(14(12)22)18-13(21)10-4-6-11(20)7-5-10/h4-7,12,20H,8-9H2,1-3H3,(H,18,21)/t12-,17-/m1/s1. The Bertz CT molecular complexity index is 695. The van der Waals surface area contributed by atoms with Crippen LogP contribution in [0.25, 0.3) is 0 Å². The van der Waals surface area contributed by atoms with Gasteiger partial charge in [0.1, 0.15) is 5.75 Å². The van der Waals surface area contributed by atoms with Gasteiger partial charge in [-0.25, -0.2) is 0 Å². The summed E-state index contributed by atoms with van der Waals surface area (Å²) in [5, 5.41) is 10.1. The van der Waals surface area contributed by atoms with Gasteiger partial charge in [-0.2, -0.15) is 5.01 Å². The molecule has 1 saturated heterocycles. The molecule has 1 aromatic carbocycles. The lowest BCUT2D eigenvalue weighted by atomic mass is 9.63. The van der Waals surface area contributed by atoms with Crippen molar-refractivity contribution in [2.24, 2.45) is 16.7 Å². The smallest absolute Gasteiger partial charge is 0.270 e. The molecule has 122 valence electrons. The average molecular weight is 316 g/mol. The lowest BCUT2D eigenvalue weighted by Crippen LogP contribution is -2.63. The highest BCUT2D eigenvalue weighted by Gasteiger charge is 2.64. The van der Waals surface area contributed by atoms with E-state index >= 15 is 0 Å². The van der Waals surface area contributed by atoms with Gasteiger partial charge in [-0.1, -0.05) is 20.8 Å². The number of rotatable bonds is 2. The number of phenols is 1. The lowest BCUT2D eigenvalue weighted by molar-refractivity contribution is -0.171. The summed E-state index contributed by atoms with van der Waals surface area (Å²) in [5.41, 5.74) is 1.63.